The molecule has 1 heterocycles. The van der Waals surface area contributed by atoms with Crippen molar-refractivity contribution in [2.45, 2.75) is 19.1 Å². The van der Waals surface area contributed by atoms with Crippen molar-refractivity contribution >= 4 is 0 Å². The summed E-state index contributed by atoms with van der Waals surface area (Å²) in [5, 5.41) is 9.90. The molecule has 0 aromatic heterocycles. The van der Waals surface area contributed by atoms with Gasteiger partial charge >= 0.3 is 0 Å². The third kappa shape index (κ3) is 2.82. The number of piperidine rings is 1. The Hall–Kier alpha value is -0.900. The van der Waals surface area contributed by atoms with E-state index in [1.165, 1.54) is 5.56 Å². The molecule has 0 saturated carbocycles. The van der Waals surface area contributed by atoms with Crippen LogP contribution < -0.4 is 5.73 Å². The lowest BCUT2D eigenvalue weighted by Gasteiger charge is -2.35. The Balaban J connectivity index is 1.89. The molecule has 0 aliphatic carbocycles. The predicted molar refractivity (Wildman–Crippen MR) is 64.9 cm³/mol. The molecule has 1 aromatic carbocycles. The minimum absolute atomic E-state index is 0.262. The van der Waals surface area contributed by atoms with Crippen LogP contribution in [-0.4, -0.2) is 35.7 Å². The highest BCUT2D eigenvalue weighted by Crippen LogP contribution is 2.18. The largest absolute Gasteiger partial charge is 0.391 e. The summed E-state index contributed by atoms with van der Waals surface area (Å²) in [7, 11) is 0. The first kappa shape index (κ1) is 11.6. The van der Waals surface area contributed by atoms with Gasteiger partial charge in [-0.2, -0.15) is 0 Å². The number of β-amino-alcohol motifs (C(OH)–C–C–N with tert-alkyl or cyclic N) is 1. The third-order valence-electron chi connectivity index (χ3n) is 3.36. The van der Waals surface area contributed by atoms with E-state index in [9.17, 15) is 5.11 Å². The standard InChI is InChI=1S/C13H20N2O/c14-8-12-6-7-15(10-13(12)16)9-11-4-2-1-3-5-11/h1-5,12-13,16H,6-10,14H2/t12-,13?/m0/s1. The number of aliphatic hydroxyl groups is 1. The Morgan fingerprint density at radius 3 is 2.69 bits per heavy atom. The van der Waals surface area contributed by atoms with Crippen molar-refractivity contribution in [3.05, 3.63) is 35.9 Å². The summed E-state index contributed by atoms with van der Waals surface area (Å²) in [6.45, 7) is 3.31. The van der Waals surface area contributed by atoms with Gasteiger partial charge in [-0.25, -0.2) is 0 Å². The fourth-order valence-electron chi connectivity index (χ4n) is 2.31. The molecule has 3 heteroatoms. The number of rotatable bonds is 3. The highest BCUT2D eigenvalue weighted by Gasteiger charge is 2.26. The number of benzene rings is 1. The van der Waals surface area contributed by atoms with Crippen molar-refractivity contribution in [2.24, 2.45) is 11.7 Å². The van der Waals surface area contributed by atoms with Gasteiger partial charge in [0.1, 0.15) is 0 Å². The molecule has 16 heavy (non-hydrogen) atoms. The van der Waals surface area contributed by atoms with E-state index in [0.29, 0.717) is 6.54 Å². The second-order valence-corrected chi connectivity index (χ2v) is 4.57. The minimum atomic E-state index is -0.262. The van der Waals surface area contributed by atoms with Crippen molar-refractivity contribution < 1.29 is 5.11 Å². The fraction of sp³-hybridized carbons (Fsp3) is 0.538. The molecule has 3 nitrogen and oxygen atoms in total. The van der Waals surface area contributed by atoms with Crippen LogP contribution in [0.2, 0.25) is 0 Å². The molecule has 1 aliphatic rings. The summed E-state index contributed by atoms with van der Waals surface area (Å²) in [6, 6.07) is 10.4. The van der Waals surface area contributed by atoms with Crippen molar-refractivity contribution in [3.63, 3.8) is 0 Å². The van der Waals surface area contributed by atoms with Gasteiger partial charge in [0.2, 0.25) is 0 Å². The van der Waals surface area contributed by atoms with Gasteiger partial charge in [-0.15, -0.1) is 0 Å². The summed E-state index contributed by atoms with van der Waals surface area (Å²) in [4.78, 5) is 2.30. The molecule has 0 radical (unpaired) electrons. The number of likely N-dealkylation sites (tertiary alicyclic amines) is 1. The smallest absolute Gasteiger partial charge is 0.0707 e. The Kier molecular flexibility index (Phi) is 3.93. The van der Waals surface area contributed by atoms with Gasteiger partial charge in [0, 0.05) is 13.1 Å². The van der Waals surface area contributed by atoms with E-state index < -0.39 is 0 Å². The molecule has 3 N–H and O–H groups in total. The zero-order chi connectivity index (χ0) is 11.4. The lowest BCUT2D eigenvalue weighted by molar-refractivity contribution is 0.0221. The SMILES string of the molecule is NC[C@@H]1CCN(Cc2ccccc2)CC1O. The molecule has 1 aliphatic heterocycles. The van der Waals surface area contributed by atoms with E-state index in [1.54, 1.807) is 0 Å². The molecule has 1 saturated heterocycles. The second-order valence-electron chi connectivity index (χ2n) is 4.57. The van der Waals surface area contributed by atoms with Gasteiger partial charge in [-0.1, -0.05) is 30.3 Å². The molecule has 0 amide bonds. The third-order valence-corrected chi connectivity index (χ3v) is 3.36. The molecule has 2 rings (SSSR count). The van der Waals surface area contributed by atoms with Crippen LogP contribution in [-0.2, 0) is 6.54 Å². The Morgan fingerprint density at radius 2 is 2.06 bits per heavy atom. The zero-order valence-corrected chi connectivity index (χ0v) is 9.55. The fourth-order valence-corrected chi connectivity index (χ4v) is 2.31. The molecule has 2 atom stereocenters. The van der Waals surface area contributed by atoms with Gasteiger partial charge in [0.15, 0.2) is 0 Å². The Bertz CT molecular complexity index is 315. The average Bonchev–Trinajstić information content (AvgIpc) is 2.31. The first-order valence-corrected chi connectivity index (χ1v) is 5.94. The maximum Gasteiger partial charge on any atom is 0.0707 e. The molecule has 1 unspecified atom stereocenters. The van der Waals surface area contributed by atoms with Gasteiger partial charge in [0.05, 0.1) is 6.10 Å². The number of hydrogen-bond donors (Lipinski definition) is 2. The summed E-state index contributed by atoms with van der Waals surface area (Å²) < 4.78 is 0. The van der Waals surface area contributed by atoms with E-state index in [0.717, 1.165) is 26.1 Å². The van der Waals surface area contributed by atoms with Crippen molar-refractivity contribution in [1.29, 1.82) is 0 Å². The van der Waals surface area contributed by atoms with Crippen LogP contribution in [0.5, 0.6) is 0 Å². The molecular weight excluding hydrogens is 200 g/mol. The van der Waals surface area contributed by atoms with Crippen molar-refractivity contribution in [3.8, 4) is 0 Å². The lowest BCUT2D eigenvalue weighted by atomic mass is 9.94. The normalized spacial score (nSPS) is 26.9. The second kappa shape index (κ2) is 5.43. The molecule has 1 fully saturated rings. The summed E-state index contributed by atoms with van der Waals surface area (Å²) in [6.07, 6.45) is 0.743. The minimum Gasteiger partial charge on any atom is -0.391 e. The lowest BCUT2D eigenvalue weighted by Crippen LogP contribution is -2.45. The molecule has 0 spiro atoms. The molecular formula is C13H20N2O. The molecule has 0 bridgehead atoms. The van der Waals surface area contributed by atoms with Crippen LogP contribution in [0.15, 0.2) is 30.3 Å². The zero-order valence-electron chi connectivity index (χ0n) is 9.55. The van der Waals surface area contributed by atoms with Crippen LogP contribution in [0.1, 0.15) is 12.0 Å². The number of nitrogens with zero attached hydrogens (tertiary/aromatic N) is 1. The topological polar surface area (TPSA) is 49.5 Å². The summed E-state index contributed by atoms with van der Waals surface area (Å²) in [5.41, 5.74) is 6.92. The quantitative estimate of drug-likeness (QED) is 0.793. The van der Waals surface area contributed by atoms with Crippen LogP contribution in [0.3, 0.4) is 0 Å². The van der Waals surface area contributed by atoms with Crippen LogP contribution in [0.25, 0.3) is 0 Å². The maximum absolute atomic E-state index is 9.90. The van der Waals surface area contributed by atoms with E-state index in [1.807, 2.05) is 6.07 Å². The van der Waals surface area contributed by atoms with Crippen LogP contribution >= 0.6 is 0 Å². The first-order valence-electron chi connectivity index (χ1n) is 5.94. The highest BCUT2D eigenvalue weighted by atomic mass is 16.3. The van der Waals surface area contributed by atoms with Crippen molar-refractivity contribution in [1.82, 2.24) is 4.90 Å². The molecule has 88 valence electrons. The molecule has 1 aromatic rings. The van der Waals surface area contributed by atoms with E-state index in [-0.39, 0.29) is 12.0 Å². The first-order chi connectivity index (χ1) is 7.79. The Labute approximate surface area is 96.9 Å². The summed E-state index contributed by atoms with van der Waals surface area (Å²) in [5.74, 6) is 0.284. The average molecular weight is 220 g/mol. The van der Waals surface area contributed by atoms with Crippen molar-refractivity contribution in [2.75, 3.05) is 19.6 Å². The maximum atomic E-state index is 9.90. The number of hydrogen-bond acceptors (Lipinski definition) is 3. The van der Waals surface area contributed by atoms with Crippen LogP contribution in [0.4, 0.5) is 0 Å². The highest BCUT2D eigenvalue weighted by molar-refractivity contribution is 5.14. The Morgan fingerprint density at radius 1 is 1.31 bits per heavy atom. The monoisotopic (exact) mass is 220 g/mol. The van der Waals surface area contributed by atoms with Gasteiger partial charge in [-0.3, -0.25) is 4.90 Å². The number of aliphatic hydroxyl groups excluding tert-OH is 1. The van der Waals surface area contributed by atoms with E-state index in [4.69, 9.17) is 5.73 Å². The predicted octanol–water partition coefficient (Wildman–Crippen LogP) is 0.828. The van der Waals surface area contributed by atoms with Gasteiger partial charge < -0.3 is 10.8 Å². The van der Waals surface area contributed by atoms with Gasteiger partial charge in [-0.05, 0) is 31.0 Å². The van der Waals surface area contributed by atoms with E-state index >= 15 is 0 Å². The van der Waals surface area contributed by atoms with Crippen LogP contribution in [0, 0.1) is 5.92 Å². The van der Waals surface area contributed by atoms with E-state index in [2.05, 4.69) is 29.2 Å². The summed E-state index contributed by atoms with van der Waals surface area (Å²) >= 11 is 0. The van der Waals surface area contributed by atoms with Gasteiger partial charge in [0.25, 0.3) is 0 Å². The number of nitrogens with two attached hydrogens (primary N) is 1.